The summed E-state index contributed by atoms with van der Waals surface area (Å²) in [6, 6.07) is 6.28. The zero-order valence-electron chi connectivity index (χ0n) is 9.00. The van der Waals surface area contributed by atoms with Gasteiger partial charge < -0.3 is 10.2 Å². The zero-order chi connectivity index (χ0) is 11.2. The number of furan rings is 1. The largest absolute Gasteiger partial charge is 0.463 e. The van der Waals surface area contributed by atoms with Crippen molar-refractivity contribution in [2.24, 2.45) is 5.73 Å². The number of hydrogen-bond donors (Lipinski definition) is 1. The first-order valence-electron chi connectivity index (χ1n) is 5.65. The Morgan fingerprint density at radius 1 is 1.25 bits per heavy atom. The van der Waals surface area contributed by atoms with E-state index in [4.69, 9.17) is 10.2 Å². The molecule has 16 heavy (non-hydrogen) atoms. The van der Waals surface area contributed by atoms with Crippen LogP contribution in [0.5, 0.6) is 0 Å². The first-order valence-corrected chi connectivity index (χ1v) is 6.44. The molecule has 0 unspecified atom stereocenters. The second kappa shape index (κ2) is 3.60. The van der Waals surface area contributed by atoms with Crippen molar-refractivity contribution in [2.45, 2.75) is 31.2 Å². The lowest BCUT2D eigenvalue weighted by Crippen LogP contribution is -2.32. The Labute approximate surface area is 103 Å². The maximum absolute atomic E-state index is 6.44. The van der Waals surface area contributed by atoms with Gasteiger partial charge in [0.15, 0.2) is 0 Å². The van der Waals surface area contributed by atoms with Crippen LogP contribution in [-0.2, 0) is 5.54 Å². The maximum atomic E-state index is 6.44. The van der Waals surface area contributed by atoms with Crippen LogP contribution in [0.25, 0.3) is 11.0 Å². The number of fused-ring (bicyclic) bond motifs is 1. The van der Waals surface area contributed by atoms with Gasteiger partial charge in [-0.2, -0.15) is 0 Å². The lowest BCUT2D eigenvalue weighted by atomic mass is 9.89. The number of nitrogens with two attached hydrogens (primary N) is 1. The molecule has 0 amide bonds. The van der Waals surface area contributed by atoms with Crippen LogP contribution in [0, 0.1) is 0 Å². The normalized spacial score (nSPS) is 19.4. The fourth-order valence-corrected chi connectivity index (χ4v) is 3.01. The number of rotatable bonds is 1. The van der Waals surface area contributed by atoms with E-state index in [0.717, 1.165) is 28.3 Å². The second-order valence-electron chi connectivity index (χ2n) is 4.66. The van der Waals surface area contributed by atoms with Crippen LogP contribution in [0.2, 0.25) is 0 Å². The van der Waals surface area contributed by atoms with Gasteiger partial charge in [0.2, 0.25) is 0 Å². The molecule has 3 rings (SSSR count). The minimum Gasteiger partial charge on any atom is -0.463 e. The van der Waals surface area contributed by atoms with E-state index in [9.17, 15) is 0 Å². The summed E-state index contributed by atoms with van der Waals surface area (Å²) in [5.41, 5.74) is 8.47. The van der Waals surface area contributed by atoms with Gasteiger partial charge in [-0.05, 0) is 46.5 Å². The van der Waals surface area contributed by atoms with Gasteiger partial charge in [-0.3, -0.25) is 0 Å². The molecule has 1 heterocycles. The SMILES string of the molecule is NC1(c2ccc3occ(Br)c3c2)CCCC1. The highest BCUT2D eigenvalue weighted by atomic mass is 79.9. The summed E-state index contributed by atoms with van der Waals surface area (Å²) in [5.74, 6) is 0. The van der Waals surface area contributed by atoms with Crippen molar-refractivity contribution >= 4 is 26.9 Å². The van der Waals surface area contributed by atoms with Crippen LogP contribution < -0.4 is 5.73 Å². The zero-order valence-corrected chi connectivity index (χ0v) is 10.6. The van der Waals surface area contributed by atoms with E-state index in [1.165, 1.54) is 18.4 Å². The number of benzene rings is 1. The Morgan fingerprint density at radius 3 is 2.75 bits per heavy atom. The highest BCUT2D eigenvalue weighted by molar-refractivity contribution is 9.10. The Bertz CT molecular complexity index is 526. The van der Waals surface area contributed by atoms with Gasteiger partial charge in [0.1, 0.15) is 11.8 Å². The van der Waals surface area contributed by atoms with E-state index in [1.807, 2.05) is 6.07 Å². The third-order valence-electron chi connectivity index (χ3n) is 3.60. The molecule has 3 heteroatoms. The Kier molecular flexibility index (Phi) is 2.33. The fraction of sp³-hybridized carbons (Fsp3) is 0.385. The molecular weight excluding hydrogens is 266 g/mol. The molecule has 0 saturated heterocycles. The van der Waals surface area contributed by atoms with Crippen LogP contribution in [0.4, 0.5) is 0 Å². The molecule has 1 aromatic carbocycles. The quantitative estimate of drug-likeness (QED) is 0.859. The molecule has 84 valence electrons. The topological polar surface area (TPSA) is 39.2 Å². The number of halogens is 1. The molecule has 0 spiro atoms. The standard InChI is InChI=1S/C13H14BrNO/c14-11-8-16-12-4-3-9(7-10(11)12)13(15)5-1-2-6-13/h3-4,7-8H,1-2,5-6,15H2. The van der Waals surface area contributed by atoms with Crippen molar-refractivity contribution in [1.82, 2.24) is 0 Å². The van der Waals surface area contributed by atoms with Gasteiger partial charge in [0.05, 0.1) is 4.47 Å². The van der Waals surface area contributed by atoms with E-state index >= 15 is 0 Å². The molecule has 0 atom stereocenters. The van der Waals surface area contributed by atoms with Crippen molar-refractivity contribution in [3.05, 3.63) is 34.5 Å². The van der Waals surface area contributed by atoms with Crippen molar-refractivity contribution in [3.8, 4) is 0 Å². The summed E-state index contributed by atoms with van der Waals surface area (Å²) in [6.07, 6.45) is 6.39. The fourth-order valence-electron chi connectivity index (χ4n) is 2.60. The maximum Gasteiger partial charge on any atom is 0.135 e. The van der Waals surface area contributed by atoms with E-state index in [-0.39, 0.29) is 5.54 Å². The van der Waals surface area contributed by atoms with Gasteiger partial charge >= 0.3 is 0 Å². The molecule has 1 fully saturated rings. The van der Waals surface area contributed by atoms with E-state index in [1.54, 1.807) is 6.26 Å². The summed E-state index contributed by atoms with van der Waals surface area (Å²) in [4.78, 5) is 0. The van der Waals surface area contributed by atoms with Crippen molar-refractivity contribution in [3.63, 3.8) is 0 Å². The molecule has 0 bridgehead atoms. The average Bonchev–Trinajstić information content (AvgIpc) is 2.87. The van der Waals surface area contributed by atoms with Gasteiger partial charge in [-0.1, -0.05) is 18.9 Å². The Morgan fingerprint density at radius 2 is 2.00 bits per heavy atom. The van der Waals surface area contributed by atoms with Crippen LogP contribution in [0.15, 0.2) is 33.4 Å². The van der Waals surface area contributed by atoms with Gasteiger partial charge in [0.25, 0.3) is 0 Å². The van der Waals surface area contributed by atoms with E-state index in [2.05, 4.69) is 28.1 Å². The predicted molar refractivity (Wildman–Crippen MR) is 68.2 cm³/mol. The molecule has 1 aromatic heterocycles. The van der Waals surface area contributed by atoms with Gasteiger partial charge in [-0.25, -0.2) is 0 Å². The van der Waals surface area contributed by atoms with Crippen LogP contribution in [-0.4, -0.2) is 0 Å². The van der Waals surface area contributed by atoms with Gasteiger partial charge in [-0.15, -0.1) is 0 Å². The smallest absolute Gasteiger partial charge is 0.135 e. The summed E-state index contributed by atoms with van der Waals surface area (Å²) in [5, 5.41) is 1.12. The highest BCUT2D eigenvalue weighted by Gasteiger charge is 2.31. The third-order valence-corrected chi connectivity index (χ3v) is 4.21. The Balaban J connectivity index is 2.13. The van der Waals surface area contributed by atoms with Crippen LogP contribution in [0.3, 0.4) is 0 Å². The molecule has 0 radical (unpaired) electrons. The summed E-state index contributed by atoms with van der Waals surface area (Å²) in [6.45, 7) is 0. The molecule has 2 aromatic rings. The minimum atomic E-state index is -0.120. The molecular formula is C13H14BrNO. The molecule has 1 aliphatic carbocycles. The predicted octanol–water partition coefficient (Wildman–Crippen LogP) is 3.92. The molecule has 0 aliphatic heterocycles. The van der Waals surface area contributed by atoms with Crippen LogP contribution in [0.1, 0.15) is 31.2 Å². The van der Waals surface area contributed by atoms with Crippen molar-refractivity contribution in [2.75, 3.05) is 0 Å². The monoisotopic (exact) mass is 279 g/mol. The van der Waals surface area contributed by atoms with E-state index in [0.29, 0.717) is 0 Å². The summed E-state index contributed by atoms with van der Waals surface area (Å²) < 4.78 is 6.42. The third kappa shape index (κ3) is 1.50. The first kappa shape index (κ1) is 10.4. The lowest BCUT2D eigenvalue weighted by Gasteiger charge is -2.24. The molecule has 2 N–H and O–H groups in total. The van der Waals surface area contributed by atoms with E-state index < -0.39 is 0 Å². The first-order chi connectivity index (χ1) is 7.69. The summed E-state index contributed by atoms with van der Waals surface area (Å²) in [7, 11) is 0. The second-order valence-corrected chi connectivity index (χ2v) is 5.51. The lowest BCUT2D eigenvalue weighted by molar-refractivity contribution is 0.462. The average molecular weight is 280 g/mol. The van der Waals surface area contributed by atoms with Crippen LogP contribution >= 0.6 is 15.9 Å². The molecule has 1 aliphatic rings. The minimum absolute atomic E-state index is 0.120. The number of hydrogen-bond acceptors (Lipinski definition) is 2. The van der Waals surface area contributed by atoms with Crippen molar-refractivity contribution < 1.29 is 4.42 Å². The van der Waals surface area contributed by atoms with Crippen molar-refractivity contribution in [1.29, 1.82) is 0 Å². The Hall–Kier alpha value is -0.800. The summed E-state index contributed by atoms with van der Waals surface area (Å²) >= 11 is 3.49. The highest BCUT2D eigenvalue weighted by Crippen LogP contribution is 2.38. The van der Waals surface area contributed by atoms with Gasteiger partial charge in [0, 0.05) is 10.9 Å². The molecule has 2 nitrogen and oxygen atoms in total. The molecule has 1 saturated carbocycles.